The van der Waals surface area contributed by atoms with Gasteiger partial charge in [-0.3, -0.25) is 0 Å². The molecule has 1 heterocycles. The highest BCUT2D eigenvalue weighted by molar-refractivity contribution is 7.12. The standard InChI is InChI=1S/C13H24N2OS/c1-7-8-14-9(2)11-10(3)15-12(17-11)13(4,5)16-6/h9,14H,7-8H2,1-6H3. The van der Waals surface area contributed by atoms with Crippen molar-refractivity contribution in [3.05, 3.63) is 15.6 Å². The topological polar surface area (TPSA) is 34.1 Å². The minimum atomic E-state index is -0.293. The van der Waals surface area contributed by atoms with Gasteiger partial charge in [-0.05, 0) is 40.7 Å². The number of aromatic nitrogens is 1. The molecule has 0 amide bonds. The zero-order chi connectivity index (χ0) is 13.1. The fourth-order valence-electron chi connectivity index (χ4n) is 1.61. The predicted octanol–water partition coefficient (Wildman–Crippen LogP) is 3.39. The maximum absolute atomic E-state index is 5.48. The molecule has 17 heavy (non-hydrogen) atoms. The Hall–Kier alpha value is -0.450. The average molecular weight is 256 g/mol. The smallest absolute Gasteiger partial charge is 0.125 e. The highest BCUT2D eigenvalue weighted by Crippen LogP contribution is 2.33. The van der Waals surface area contributed by atoms with Crippen LogP contribution in [-0.2, 0) is 10.3 Å². The second kappa shape index (κ2) is 5.94. The Balaban J connectivity index is 2.88. The van der Waals surface area contributed by atoms with Crippen LogP contribution in [0.3, 0.4) is 0 Å². The van der Waals surface area contributed by atoms with Gasteiger partial charge in [-0.15, -0.1) is 11.3 Å². The van der Waals surface area contributed by atoms with Gasteiger partial charge in [0.2, 0.25) is 0 Å². The Morgan fingerprint density at radius 1 is 1.47 bits per heavy atom. The van der Waals surface area contributed by atoms with Crippen molar-refractivity contribution >= 4 is 11.3 Å². The van der Waals surface area contributed by atoms with Crippen LogP contribution in [0.5, 0.6) is 0 Å². The maximum atomic E-state index is 5.48. The van der Waals surface area contributed by atoms with E-state index in [9.17, 15) is 0 Å². The summed E-state index contributed by atoms with van der Waals surface area (Å²) in [6.45, 7) is 11.6. The van der Waals surface area contributed by atoms with E-state index in [4.69, 9.17) is 4.74 Å². The van der Waals surface area contributed by atoms with E-state index in [1.165, 1.54) is 4.88 Å². The molecule has 1 aromatic rings. The zero-order valence-electron chi connectivity index (χ0n) is 11.8. The monoisotopic (exact) mass is 256 g/mol. The molecule has 0 radical (unpaired) electrons. The van der Waals surface area contributed by atoms with Crippen LogP contribution < -0.4 is 5.32 Å². The van der Waals surface area contributed by atoms with E-state index in [0.717, 1.165) is 23.7 Å². The zero-order valence-corrected chi connectivity index (χ0v) is 12.6. The van der Waals surface area contributed by atoms with Crippen molar-refractivity contribution in [2.24, 2.45) is 0 Å². The molecule has 1 rings (SSSR count). The largest absolute Gasteiger partial charge is 0.372 e. The van der Waals surface area contributed by atoms with Crippen LogP contribution in [0.15, 0.2) is 0 Å². The molecule has 3 nitrogen and oxygen atoms in total. The lowest BCUT2D eigenvalue weighted by Crippen LogP contribution is -2.19. The van der Waals surface area contributed by atoms with Crippen molar-refractivity contribution in [3.63, 3.8) is 0 Å². The Kier molecular flexibility index (Phi) is 5.10. The molecule has 0 bridgehead atoms. The lowest BCUT2D eigenvalue weighted by molar-refractivity contribution is 0.0189. The van der Waals surface area contributed by atoms with Crippen LogP contribution in [0.1, 0.15) is 55.7 Å². The molecule has 0 fully saturated rings. The van der Waals surface area contributed by atoms with Gasteiger partial charge >= 0.3 is 0 Å². The first kappa shape index (κ1) is 14.6. The summed E-state index contributed by atoms with van der Waals surface area (Å²) in [5.41, 5.74) is 0.823. The summed E-state index contributed by atoms with van der Waals surface area (Å²) in [5, 5.41) is 4.56. The molecule has 98 valence electrons. The van der Waals surface area contributed by atoms with Crippen molar-refractivity contribution in [2.75, 3.05) is 13.7 Å². The van der Waals surface area contributed by atoms with Crippen LogP contribution >= 0.6 is 11.3 Å². The van der Waals surface area contributed by atoms with Crippen molar-refractivity contribution in [3.8, 4) is 0 Å². The van der Waals surface area contributed by atoms with E-state index < -0.39 is 0 Å². The van der Waals surface area contributed by atoms with E-state index >= 15 is 0 Å². The number of ether oxygens (including phenoxy) is 1. The summed E-state index contributed by atoms with van der Waals surface area (Å²) >= 11 is 1.75. The summed E-state index contributed by atoms with van der Waals surface area (Å²) < 4.78 is 5.48. The van der Waals surface area contributed by atoms with Gasteiger partial charge in [0.05, 0.1) is 5.69 Å². The summed E-state index contributed by atoms with van der Waals surface area (Å²) in [7, 11) is 1.73. The third-order valence-electron chi connectivity index (χ3n) is 2.95. The predicted molar refractivity (Wildman–Crippen MR) is 73.6 cm³/mol. The van der Waals surface area contributed by atoms with E-state index in [1.54, 1.807) is 18.4 Å². The van der Waals surface area contributed by atoms with E-state index in [-0.39, 0.29) is 5.60 Å². The molecule has 0 spiro atoms. The fraction of sp³-hybridized carbons (Fsp3) is 0.769. The Morgan fingerprint density at radius 3 is 2.65 bits per heavy atom. The molecule has 1 aromatic heterocycles. The molecule has 0 saturated heterocycles. The van der Waals surface area contributed by atoms with Gasteiger partial charge in [-0.1, -0.05) is 6.92 Å². The molecule has 0 saturated carbocycles. The van der Waals surface area contributed by atoms with Crippen molar-refractivity contribution in [1.82, 2.24) is 10.3 Å². The first-order valence-corrected chi connectivity index (χ1v) is 7.00. The van der Waals surface area contributed by atoms with Gasteiger partial charge in [-0.25, -0.2) is 4.98 Å². The van der Waals surface area contributed by atoms with Gasteiger partial charge in [0.15, 0.2) is 0 Å². The summed E-state index contributed by atoms with van der Waals surface area (Å²) in [6, 6.07) is 0.369. The first-order chi connectivity index (χ1) is 7.92. The minimum Gasteiger partial charge on any atom is -0.372 e. The summed E-state index contributed by atoms with van der Waals surface area (Å²) in [4.78, 5) is 5.95. The maximum Gasteiger partial charge on any atom is 0.125 e. The molecule has 0 aliphatic heterocycles. The fourth-order valence-corrected chi connectivity index (χ4v) is 2.78. The Morgan fingerprint density at radius 2 is 2.12 bits per heavy atom. The number of thiazole rings is 1. The van der Waals surface area contributed by atoms with Crippen molar-refractivity contribution in [2.45, 2.75) is 52.7 Å². The molecule has 1 atom stereocenters. The van der Waals surface area contributed by atoms with Crippen molar-refractivity contribution < 1.29 is 4.74 Å². The number of nitrogens with one attached hydrogen (secondary N) is 1. The number of nitrogens with zero attached hydrogens (tertiary/aromatic N) is 1. The summed E-state index contributed by atoms with van der Waals surface area (Å²) in [5.74, 6) is 0. The second-order valence-electron chi connectivity index (χ2n) is 4.86. The lowest BCUT2D eigenvalue weighted by atomic mass is 10.1. The van der Waals surface area contributed by atoms with Crippen LogP contribution in [0.25, 0.3) is 0 Å². The van der Waals surface area contributed by atoms with Crippen LogP contribution in [0.2, 0.25) is 0 Å². The van der Waals surface area contributed by atoms with Gasteiger partial charge in [-0.2, -0.15) is 0 Å². The molecule has 1 N–H and O–H groups in total. The molecular formula is C13H24N2OS. The van der Waals surface area contributed by atoms with E-state index in [0.29, 0.717) is 6.04 Å². The number of methoxy groups -OCH3 is 1. The number of aryl methyl sites for hydroxylation is 1. The normalized spacial score (nSPS) is 14.0. The van der Waals surface area contributed by atoms with E-state index in [1.807, 2.05) is 0 Å². The average Bonchev–Trinajstić information content (AvgIpc) is 2.69. The van der Waals surface area contributed by atoms with Gasteiger partial charge in [0.25, 0.3) is 0 Å². The Bertz CT molecular complexity index is 360. The van der Waals surface area contributed by atoms with E-state index in [2.05, 4.69) is 44.9 Å². The van der Waals surface area contributed by atoms with Gasteiger partial charge in [0, 0.05) is 18.0 Å². The molecule has 4 heteroatoms. The lowest BCUT2D eigenvalue weighted by Gasteiger charge is -2.19. The number of hydrogen-bond acceptors (Lipinski definition) is 4. The SMILES string of the molecule is CCCNC(C)c1sc(C(C)(C)OC)nc1C. The third-order valence-corrected chi connectivity index (χ3v) is 4.60. The number of rotatable bonds is 6. The van der Waals surface area contributed by atoms with Gasteiger partial charge < -0.3 is 10.1 Å². The number of hydrogen-bond donors (Lipinski definition) is 1. The minimum absolute atomic E-state index is 0.293. The highest BCUT2D eigenvalue weighted by Gasteiger charge is 2.26. The van der Waals surface area contributed by atoms with Gasteiger partial charge in [0.1, 0.15) is 10.6 Å². The molecule has 0 aliphatic carbocycles. The van der Waals surface area contributed by atoms with Crippen LogP contribution in [-0.4, -0.2) is 18.6 Å². The Labute approximate surface area is 109 Å². The van der Waals surface area contributed by atoms with Crippen molar-refractivity contribution in [1.29, 1.82) is 0 Å². The third kappa shape index (κ3) is 3.50. The highest BCUT2D eigenvalue weighted by atomic mass is 32.1. The van der Waals surface area contributed by atoms with Crippen LogP contribution in [0, 0.1) is 6.92 Å². The molecular weight excluding hydrogens is 232 g/mol. The quantitative estimate of drug-likeness (QED) is 0.847. The second-order valence-corrected chi connectivity index (χ2v) is 5.89. The molecule has 1 unspecified atom stereocenters. The molecule has 0 aromatic carbocycles. The van der Waals surface area contributed by atoms with Crippen LogP contribution in [0.4, 0.5) is 0 Å². The summed E-state index contributed by atoms with van der Waals surface area (Å²) in [6.07, 6.45) is 1.15. The first-order valence-electron chi connectivity index (χ1n) is 6.18. The molecule has 0 aliphatic rings.